The van der Waals surface area contributed by atoms with Crippen molar-refractivity contribution in [2.45, 2.75) is 101 Å². The van der Waals surface area contributed by atoms with Crippen LogP contribution in [0.3, 0.4) is 0 Å². The first-order chi connectivity index (χ1) is 20.4. The van der Waals surface area contributed by atoms with Crippen molar-refractivity contribution in [1.82, 2.24) is 26.2 Å². The third-order valence-electron chi connectivity index (χ3n) is 9.64. The molecule has 10 nitrogen and oxygen atoms in total. The molecule has 4 N–H and O–H groups in total. The summed E-state index contributed by atoms with van der Waals surface area (Å²) in [5.41, 5.74) is -0.120. The first-order valence-corrected chi connectivity index (χ1v) is 16.0. The highest BCUT2D eigenvalue weighted by molar-refractivity contribution is 5.94. The molecule has 1 aromatic carbocycles. The van der Waals surface area contributed by atoms with Crippen LogP contribution in [0.15, 0.2) is 30.3 Å². The van der Waals surface area contributed by atoms with E-state index >= 15 is 0 Å². The van der Waals surface area contributed by atoms with Gasteiger partial charge in [0.1, 0.15) is 6.04 Å². The van der Waals surface area contributed by atoms with Crippen LogP contribution in [0.5, 0.6) is 0 Å². The maximum absolute atomic E-state index is 13.7. The molecular weight excluding hydrogens is 534 g/mol. The van der Waals surface area contributed by atoms with Crippen LogP contribution in [0.2, 0.25) is 0 Å². The van der Waals surface area contributed by atoms with Crippen LogP contribution in [0.4, 0.5) is 0 Å². The van der Waals surface area contributed by atoms with Crippen molar-refractivity contribution < 1.29 is 23.9 Å². The second kappa shape index (κ2) is 14.5. The van der Waals surface area contributed by atoms with Crippen LogP contribution in [-0.4, -0.2) is 85.5 Å². The van der Waals surface area contributed by atoms with Gasteiger partial charge < -0.3 is 30.9 Å². The van der Waals surface area contributed by atoms with E-state index in [1.54, 1.807) is 17.0 Å². The SMILES string of the molecule is O=C(NCCCC[C@H]1CC(=O)N2CC[C@@H](NC3CCCC3)C[C@H]2C(=O)NCC2(CCOCC2)C(=O)N1)c1ccccc1. The number of piperidine rings is 1. The molecule has 3 heterocycles. The van der Waals surface area contributed by atoms with Crippen LogP contribution in [-0.2, 0) is 19.1 Å². The average molecular weight is 582 g/mol. The lowest BCUT2D eigenvalue weighted by Gasteiger charge is -2.40. The Balaban J connectivity index is 1.24. The van der Waals surface area contributed by atoms with Gasteiger partial charge in [0.05, 0.1) is 5.41 Å². The normalized spacial score (nSPS) is 27.1. The summed E-state index contributed by atoms with van der Waals surface area (Å²) in [6, 6.07) is 8.95. The highest BCUT2D eigenvalue weighted by atomic mass is 16.5. The lowest BCUT2D eigenvalue weighted by Crippen LogP contribution is -2.58. The molecule has 0 aromatic heterocycles. The van der Waals surface area contributed by atoms with E-state index in [1.807, 2.05) is 18.2 Å². The quantitative estimate of drug-likeness (QED) is 0.349. The van der Waals surface area contributed by atoms with Crippen molar-refractivity contribution in [1.29, 1.82) is 0 Å². The van der Waals surface area contributed by atoms with Gasteiger partial charge in [0.2, 0.25) is 17.7 Å². The maximum atomic E-state index is 13.7. The van der Waals surface area contributed by atoms with Crippen molar-refractivity contribution >= 4 is 23.6 Å². The predicted octanol–water partition coefficient (Wildman–Crippen LogP) is 2.28. The molecule has 4 aliphatic rings. The fraction of sp³-hybridized carbons (Fsp3) is 0.688. The summed E-state index contributed by atoms with van der Waals surface area (Å²) in [7, 11) is 0. The highest BCUT2D eigenvalue weighted by Crippen LogP contribution is 2.32. The summed E-state index contributed by atoms with van der Waals surface area (Å²) in [5.74, 6) is -0.459. The standard InChI is InChI=1S/C32H47N5O5/c38-28-21-25(12-6-7-16-33-29(39)23-8-2-1-3-9-23)36-31(41)32(14-18-42-19-15-32)22-34-30(40)27-20-26(13-17-37(27)28)35-24-10-4-5-11-24/h1-3,8-9,24-27,35H,4-7,10-22H2,(H,33,39)(H,34,40)(H,36,41)/t25-,26+,27-/m0/s1. The Labute approximate surface area is 249 Å². The van der Waals surface area contributed by atoms with Crippen LogP contribution >= 0.6 is 0 Å². The number of amides is 4. The highest BCUT2D eigenvalue weighted by Gasteiger charge is 2.44. The van der Waals surface area contributed by atoms with E-state index in [-0.39, 0.29) is 48.7 Å². The average Bonchev–Trinajstić information content (AvgIpc) is 3.52. The minimum atomic E-state index is -0.746. The van der Waals surface area contributed by atoms with Gasteiger partial charge >= 0.3 is 0 Å². The molecule has 4 amide bonds. The number of nitrogens with one attached hydrogen (secondary N) is 4. The third kappa shape index (κ3) is 7.69. The third-order valence-corrected chi connectivity index (χ3v) is 9.64. The Morgan fingerprint density at radius 1 is 1.00 bits per heavy atom. The molecule has 3 aliphatic heterocycles. The summed E-state index contributed by atoms with van der Waals surface area (Å²) in [5, 5.41) is 13.0. The van der Waals surface area contributed by atoms with Crippen molar-refractivity contribution in [3.05, 3.63) is 35.9 Å². The van der Waals surface area contributed by atoms with Gasteiger partial charge in [-0.15, -0.1) is 0 Å². The second-order valence-corrected chi connectivity index (χ2v) is 12.6. The summed E-state index contributed by atoms with van der Waals surface area (Å²) in [6.07, 6.45) is 9.59. The van der Waals surface area contributed by atoms with E-state index in [9.17, 15) is 19.2 Å². The molecule has 3 saturated heterocycles. The fourth-order valence-electron chi connectivity index (χ4n) is 7.01. The minimum absolute atomic E-state index is 0.0833. The Morgan fingerprint density at radius 2 is 1.76 bits per heavy atom. The van der Waals surface area contributed by atoms with Gasteiger partial charge in [0.25, 0.3) is 5.91 Å². The molecule has 1 saturated carbocycles. The fourth-order valence-corrected chi connectivity index (χ4v) is 7.01. The molecule has 0 radical (unpaired) electrons. The molecule has 0 unspecified atom stereocenters. The molecule has 4 fully saturated rings. The number of hydrogen-bond donors (Lipinski definition) is 4. The van der Waals surface area contributed by atoms with Crippen molar-refractivity contribution in [3.8, 4) is 0 Å². The number of ether oxygens (including phenoxy) is 1. The minimum Gasteiger partial charge on any atom is -0.381 e. The van der Waals surface area contributed by atoms with Gasteiger partial charge in [0, 0.05) is 63.0 Å². The van der Waals surface area contributed by atoms with E-state index < -0.39 is 11.5 Å². The first-order valence-electron chi connectivity index (χ1n) is 16.0. The molecule has 0 bridgehead atoms. The number of hydrogen-bond acceptors (Lipinski definition) is 6. The number of unbranched alkanes of at least 4 members (excludes halogenated alkanes) is 1. The van der Waals surface area contributed by atoms with Crippen molar-refractivity contribution in [2.75, 3.05) is 32.8 Å². The second-order valence-electron chi connectivity index (χ2n) is 12.6. The van der Waals surface area contributed by atoms with E-state index in [1.165, 1.54) is 25.7 Å². The number of carbonyl (C=O) groups excluding carboxylic acids is 4. The van der Waals surface area contributed by atoms with E-state index in [0.717, 1.165) is 19.3 Å². The summed E-state index contributed by atoms with van der Waals surface area (Å²) in [6.45, 7) is 2.24. The van der Waals surface area contributed by atoms with Gasteiger partial charge in [-0.1, -0.05) is 31.0 Å². The molecule has 10 heteroatoms. The van der Waals surface area contributed by atoms with E-state index in [4.69, 9.17) is 4.74 Å². The molecule has 42 heavy (non-hydrogen) atoms. The molecule has 1 aliphatic carbocycles. The van der Waals surface area contributed by atoms with Crippen LogP contribution in [0.1, 0.15) is 87.4 Å². The monoisotopic (exact) mass is 581 g/mol. The number of benzene rings is 1. The van der Waals surface area contributed by atoms with Gasteiger partial charge in [0.15, 0.2) is 0 Å². The zero-order valence-corrected chi connectivity index (χ0v) is 24.7. The zero-order valence-electron chi connectivity index (χ0n) is 24.7. The topological polar surface area (TPSA) is 129 Å². The largest absolute Gasteiger partial charge is 0.381 e. The van der Waals surface area contributed by atoms with E-state index in [0.29, 0.717) is 63.6 Å². The Hall–Kier alpha value is -2.98. The Kier molecular flexibility index (Phi) is 10.5. The molecular formula is C32H47N5O5. The maximum Gasteiger partial charge on any atom is 0.251 e. The molecule has 3 atom stereocenters. The number of rotatable bonds is 8. The van der Waals surface area contributed by atoms with Gasteiger partial charge in [-0.2, -0.15) is 0 Å². The van der Waals surface area contributed by atoms with Gasteiger partial charge in [-0.05, 0) is 69.9 Å². The summed E-state index contributed by atoms with van der Waals surface area (Å²) in [4.78, 5) is 55.1. The van der Waals surface area contributed by atoms with Crippen LogP contribution < -0.4 is 21.3 Å². The summed E-state index contributed by atoms with van der Waals surface area (Å²) >= 11 is 0. The zero-order chi connectivity index (χ0) is 29.4. The molecule has 230 valence electrons. The lowest BCUT2D eigenvalue weighted by atomic mass is 9.78. The van der Waals surface area contributed by atoms with Crippen molar-refractivity contribution in [3.63, 3.8) is 0 Å². The number of carbonyl (C=O) groups is 4. The Bertz CT molecular complexity index is 1090. The van der Waals surface area contributed by atoms with Crippen LogP contribution in [0.25, 0.3) is 0 Å². The number of fused-ring (bicyclic) bond motifs is 1. The summed E-state index contributed by atoms with van der Waals surface area (Å²) < 4.78 is 5.58. The van der Waals surface area contributed by atoms with Crippen LogP contribution in [0, 0.1) is 5.41 Å². The smallest absolute Gasteiger partial charge is 0.251 e. The van der Waals surface area contributed by atoms with Gasteiger partial charge in [-0.25, -0.2) is 0 Å². The van der Waals surface area contributed by atoms with Gasteiger partial charge in [-0.3, -0.25) is 19.2 Å². The first kappa shape index (κ1) is 30.5. The van der Waals surface area contributed by atoms with Crippen molar-refractivity contribution in [2.24, 2.45) is 5.41 Å². The molecule has 5 rings (SSSR count). The number of nitrogens with zero attached hydrogens (tertiary/aromatic N) is 1. The predicted molar refractivity (Wildman–Crippen MR) is 159 cm³/mol. The lowest BCUT2D eigenvalue weighted by molar-refractivity contribution is -0.143. The molecule has 1 spiro atoms. The Morgan fingerprint density at radius 3 is 2.52 bits per heavy atom. The molecule has 1 aromatic rings. The van der Waals surface area contributed by atoms with E-state index in [2.05, 4.69) is 21.3 Å².